The third-order valence-electron chi connectivity index (χ3n) is 3.75. The minimum Gasteiger partial charge on any atom is -0.486 e. The first-order valence-corrected chi connectivity index (χ1v) is 6.67. The van der Waals surface area contributed by atoms with Gasteiger partial charge in [0, 0.05) is 11.8 Å². The molecule has 0 aromatic heterocycles. The Bertz CT molecular complexity index is 501. The topological polar surface area (TPSA) is 73.6 Å². The summed E-state index contributed by atoms with van der Waals surface area (Å²) in [6, 6.07) is 5.40. The summed E-state index contributed by atoms with van der Waals surface area (Å²) in [5, 5.41) is 2.87. The van der Waals surface area contributed by atoms with E-state index in [4.69, 9.17) is 15.2 Å². The first kappa shape index (κ1) is 14.9. The molecule has 5 nitrogen and oxygen atoms in total. The van der Waals surface area contributed by atoms with Crippen molar-refractivity contribution in [3.05, 3.63) is 18.2 Å². The fourth-order valence-electron chi connectivity index (χ4n) is 2.61. The van der Waals surface area contributed by atoms with Gasteiger partial charge in [0.1, 0.15) is 13.2 Å². The number of carbonyl (C=O) groups excluding carboxylic acids is 1. The van der Waals surface area contributed by atoms with E-state index in [9.17, 15) is 4.79 Å². The molecule has 1 saturated carbocycles. The summed E-state index contributed by atoms with van der Waals surface area (Å²) in [6.45, 7) is 1.09. The van der Waals surface area contributed by atoms with E-state index in [0.717, 1.165) is 25.7 Å². The molecule has 0 unspecified atom stereocenters. The van der Waals surface area contributed by atoms with E-state index in [0.29, 0.717) is 30.4 Å². The number of amides is 1. The first-order valence-electron chi connectivity index (χ1n) is 6.67. The molecule has 2 aliphatic rings. The SMILES string of the molecule is Cl.NC1(C(=O)Nc2ccc3c(c2)OCCO3)CCCC1. The van der Waals surface area contributed by atoms with Crippen molar-refractivity contribution in [3.63, 3.8) is 0 Å². The van der Waals surface area contributed by atoms with Crippen molar-refractivity contribution in [2.75, 3.05) is 18.5 Å². The molecule has 0 spiro atoms. The van der Waals surface area contributed by atoms with Gasteiger partial charge < -0.3 is 20.5 Å². The summed E-state index contributed by atoms with van der Waals surface area (Å²) in [7, 11) is 0. The monoisotopic (exact) mass is 298 g/mol. The van der Waals surface area contributed by atoms with Crippen LogP contribution in [0.5, 0.6) is 11.5 Å². The predicted molar refractivity (Wildman–Crippen MR) is 78.7 cm³/mol. The van der Waals surface area contributed by atoms with E-state index < -0.39 is 5.54 Å². The molecular formula is C14H19ClN2O3. The van der Waals surface area contributed by atoms with Crippen LogP contribution in [0, 0.1) is 0 Å². The zero-order valence-electron chi connectivity index (χ0n) is 11.2. The number of ether oxygens (including phenoxy) is 2. The van der Waals surface area contributed by atoms with Gasteiger partial charge in [0.15, 0.2) is 11.5 Å². The lowest BCUT2D eigenvalue weighted by Crippen LogP contribution is -2.48. The van der Waals surface area contributed by atoms with Crippen molar-refractivity contribution >= 4 is 24.0 Å². The quantitative estimate of drug-likeness (QED) is 0.877. The van der Waals surface area contributed by atoms with Crippen LogP contribution in [0.4, 0.5) is 5.69 Å². The molecule has 3 rings (SSSR count). The molecule has 3 N–H and O–H groups in total. The van der Waals surface area contributed by atoms with Crippen LogP contribution in [-0.4, -0.2) is 24.7 Å². The summed E-state index contributed by atoms with van der Waals surface area (Å²) in [5.41, 5.74) is 6.11. The number of benzene rings is 1. The van der Waals surface area contributed by atoms with Crippen molar-refractivity contribution in [1.29, 1.82) is 0 Å². The predicted octanol–water partition coefficient (Wildman–Crippen LogP) is 2.09. The highest BCUT2D eigenvalue weighted by Crippen LogP contribution is 2.34. The molecular weight excluding hydrogens is 280 g/mol. The molecule has 0 atom stereocenters. The van der Waals surface area contributed by atoms with Gasteiger partial charge in [-0.05, 0) is 25.0 Å². The standard InChI is InChI=1S/C14H18N2O3.ClH/c15-14(5-1-2-6-14)13(17)16-10-3-4-11-12(9-10)19-8-7-18-11;/h3-4,9H,1-2,5-8,15H2,(H,16,17);1H. The van der Waals surface area contributed by atoms with E-state index in [1.54, 1.807) is 6.07 Å². The fourth-order valence-corrected chi connectivity index (χ4v) is 2.61. The van der Waals surface area contributed by atoms with Gasteiger partial charge in [-0.2, -0.15) is 0 Å². The number of anilines is 1. The smallest absolute Gasteiger partial charge is 0.244 e. The Labute approximate surface area is 124 Å². The van der Waals surface area contributed by atoms with Gasteiger partial charge in [-0.25, -0.2) is 0 Å². The maximum atomic E-state index is 12.2. The second-order valence-corrected chi connectivity index (χ2v) is 5.18. The fraction of sp³-hybridized carbons (Fsp3) is 0.500. The minimum absolute atomic E-state index is 0. The summed E-state index contributed by atoms with van der Waals surface area (Å²) in [5.74, 6) is 1.27. The molecule has 20 heavy (non-hydrogen) atoms. The molecule has 1 aliphatic carbocycles. The lowest BCUT2D eigenvalue weighted by Gasteiger charge is -2.23. The van der Waals surface area contributed by atoms with E-state index in [2.05, 4.69) is 5.32 Å². The highest BCUT2D eigenvalue weighted by Gasteiger charge is 2.37. The molecule has 1 amide bonds. The van der Waals surface area contributed by atoms with Gasteiger partial charge in [0.05, 0.1) is 5.54 Å². The highest BCUT2D eigenvalue weighted by atomic mass is 35.5. The van der Waals surface area contributed by atoms with Crippen molar-refractivity contribution in [1.82, 2.24) is 0 Å². The van der Waals surface area contributed by atoms with Crippen LogP contribution in [0.3, 0.4) is 0 Å². The molecule has 110 valence electrons. The third-order valence-corrected chi connectivity index (χ3v) is 3.75. The summed E-state index contributed by atoms with van der Waals surface area (Å²) in [6.07, 6.45) is 3.54. The summed E-state index contributed by atoms with van der Waals surface area (Å²) >= 11 is 0. The average Bonchev–Trinajstić information content (AvgIpc) is 2.87. The number of carbonyl (C=O) groups is 1. The lowest BCUT2D eigenvalue weighted by atomic mass is 9.98. The van der Waals surface area contributed by atoms with Crippen LogP contribution in [0.25, 0.3) is 0 Å². The summed E-state index contributed by atoms with van der Waals surface area (Å²) in [4.78, 5) is 12.2. The van der Waals surface area contributed by atoms with Gasteiger partial charge in [0.25, 0.3) is 0 Å². The van der Waals surface area contributed by atoms with E-state index in [1.165, 1.54) is 0 Å². The number of hydrogen-bond donors (Lipinski definition) is 2. The van der Waals surface area contributed by atoms with Crippen molar-refractivity contribution in [3.8, 4) is 11.5 Å². The molecule has 0 saturated heterocycles. The first-order chi connectivity index (χ1) is 9.17. The second-order valence-electron chi connectivity index (χ2n) is 5.18. The zero-order chi connectivity index (χ0) is 13.3. The average molecular weight is 299 g/mol. The number of fused-ring (bicyclic) bond motifs is 1. The largest absolute Gasteiger partial charge is 0.486 e. The Hall–Kier alpha value is -1.46. The maximum absolute atomic E-state index is 12.2. The minimum atomic E-state index is -0.715. The van der Waals surface area contributed by atoms with Gasteiger partial charge in [-0.3, -0.25) is 4.79 Å². The molecule has 6 heteroatoms. The molecule has 1 aliphatic heterocycles. The molecule has 1 heterocycles. The zero-order valence-corrected chi connectivity index (χ0v) is 12.0. The van der Waals surface area contributed by atoms with E-state index in [1.807, 2.05) is 12.1 Å². The lowest BCUT2D eigenvalue weighted by molar-refractivity contribution is -0.121. The van der Waals surface area contributed by atoms with Gasteiger partial charge >= 0.3 is 0 Å². The van der Waals surface area contributed by atoms with Crippen molar-refractivity contribution in [2.45, 2.75) is 31.2 Å². The molecule has 1 aromatic rings. The second kappa shape index (κ2) is 5.89. The highest BCUT2D eigenvalue weighted by molar-refractivity contribution is 5.98. The molecule has 1 fully saturated rings. The van der Waals surface area contributed by atoms with Gasteiger partial charge in [-0.15, -0.1) is 12.4 Å². The molecule has 0 bridgehead atoms. The van der Waals surface area contributed by atoms with Crippen LogP contribution in [0.2, 0.25) is 0 Å². The van der Waals surface area contributed by atoms with E-state index in [-0.39, 0.29) is 18.3 Å². The van der Waals surface area contributed by atoms with Crippen LogP contribution in [-0.2, 0) is 4.79 Å². The number of rotatable bonds is 2. The number of halogens is 1. The van der Waals surface area contributed by atoms with Crippen LogP contribution in [0.15, 0.2) is 18.2 Å². The Morgan fingerprint density at radius 2 is 1.80 bits per heavy atom. The Balaban J connectivity index is 0.00000147. The molecule has 1 aromatic carbocycles. The Kier molecular flexibility index (Phi) is 4.40. The molecule has 0 radical (unpaired) electrons. The van der Waals surface area contributed by atoms with Crippen molar-refractivity contribution < 1.29 is 14.3 Å². The van der Waals surface area contributed by atoms with Crippen molar-refractivity contribution in [2.24, 2.45) is 5.73 Å². The van der Waals surface area contributed by atoms with E-state index >= 15 is 0 Å². The van der Waals surface area contributed by atoms with Crippen LogP contribution in [0.1, 0.15) is 25.7 Å². The number of hydrogen-bond acceptors (Lipinski definition) is 4. The number of nitrogens with two attached hydrogens (primary N) is 1. The normalized spacial score (nSPS) is 19.1. The summed E-state index contributed by atoms with van der Waals surface area (Å²) < 4.78 is 10.9. The van der Waals surface area contributed by atoms with Crippen LogP contribution < -0.4 is 20.5 Å². The third kappa shape index (κ3) is 2.83. The van der Waals surface area contributed by atoms with Gasteiger partial charge in [-0.1, -0.05) is 12.8 Å². The number of nitrogens with one attached hydrogen (secondary N) is 1. The maximum Gasteiger partial charge on any atom is 0.244 e. The Morgan fingerprint density at radius 1 is 1.15 bits per heavy atom. The van der Waals surface area contributed by atoms with Gasteiger partial charge in [0.2, 0.25) is 5.91 Å². The van der Waals surface area contributed by atoms with Crippen LogP contribution >= 0.6 is 12.4 Å². The Morgan fingerprint density at radius 3 is 2.50 bits per heavy atom.